The van der Waals surface area contributed by atoms with Crippen molar-refractivity contribution in [3.63, 3.8) is 0 Å². The Morgan fingerprint density at radius 3 is 2.70 bits per heavy atom. The molecule has 0 unspecified atom stereocenters. The minimum atomic E-state index is -1.08. The Balaban J connectivity index is 2.51. The average molecular weight is 271 g/mol. The number of pyridine rings is 1. The van der Waals surface area contributed by atoms with Crippen LogP contribution in [0.4, 0.5) is 11.5 Å². The van der Waals surface area contributed by atoms with Crippen LogP contribution < -0.4 is 11.1 Å². The smallest absolute Gasteiger partial charge is 0.336 e. The maximum atomic E-state index is 11.3. The topological polar surface area (TPSA) is 105 Å². The van der Waals surface area contributed by atoms with Crippen molar-refractivity contribution in [3.05, 3.63) is 42.1 Å². The van der Waals surface area contributed by atoms with E-state index in [0.717, 1.165) is 0 Å². The highest BCUT2D eigenvalue weighted by molar-refractivity contribution is 5.97. The van der Waals surface area contributed by atoms with Crippen LogP contribution in [-0.2, 0) is 4.79 Å². The van der Waals surface area contributed by atoms with E-state index in [2.05, 4.69) is 10.3 Å². The lowest BCUT2D eigenvalue weighted by Crippen LogP contribution is -2.06. The molecule has 0 aliphatic carbocycles. The number of nitrogens with zero attached hydrogens (tertiary/aromatic N) is 1. The predicted molar refractivity (Wildman–Crippen MR) is 75.3 cm³/mol. The summed E-state index contributed by atoms with van der Waals surface area (Å²) >= 11 is 0. The van der Waals surface area contributed by atoms with Gasteiger partial charge in [-0.25, -0.2) is 9.78 Å². The SMILES string of the molecule is CC(=O)Nc1cccc(-c2cnc(N)cc2C(=O)O)c1. The summed E-state index contributed by atoms with van der Waals surface area (Å²) in [6, 6.07) is 8.17. The number of carboxylic acids is 1. The first-order valence-electron chi connectivity index (χ1n) is 5.84. The third-order valence-electron chi connectivity index (χ3n) is 2.65. The molecule has 2 rings (SSSR count). The quantitative estimate of drug-likeness (QED) is 0.791. The van der Waals surface area contributed by atoms with Crippen molar-refractivity contribution in [3.8, 4) is 11.1 Å². The molecule has 0 aliphatic heterocycles. The first kappa shape index (κ1) is 13.5. The summed E-state index contributed by atoms with van der Waals surface area (Å²) < 4.78 is 0. The molecule has 1 aromatic heterocycles. The van der Waals surface area contributed by atoms with Gasteiger partial charge in [0.15, 0.2) is 0 Å². The molecule has 6 nitrogen and oxygen atoms in total. The van der Waals surface area contributed by atoms with Gasteiger partial charge in [-0.3, -0.25) is 4.79 Å². The first-order chi connectivity index (χ1) is 9.47. The summed E-state index contributed by atoms with van der Waals surface area (Å²) in [5, 5.41) is 11.9. The second-order valence-electron chi connectivity index (χ2n) is 4.22. The van der Waals surface area contributed by atoms with Crippen molar-refractivity contribution in [1.82, 2.24) is 4.98 Å². The third kappa shape index (κ3) is 2.92. The van der Waals surface area contributed by atoms with Crippen molar-refractivity contribution in [2.45, 2.75) is 6.92 Å². The lowest BCUT2D eigenvalue weighted by Gasteiger charge is -2.09. The van der Waals surface area contributed by atoms with Crippen LogP contribution in [0.2, 0.25) is 0 Å². The molecule has 1 heterocycles. The van der Waals surface area contributed by atoms with E-state index in [-0.39, 0.29) is 17.3 Å². The summed E-state index contributed by atoms with van der Waals surface area (Å²) in [5.74, 6) is -1.14. The van der Waals surface area contributed by atoms with Gasteiger partial charge in [0.25, 0.3) is 0 Å². The number of nitrogens with two attached hydrogens (primary N) is 1. The monoisotopic (exact) mass is 271 g/mol. The van der Waals surface area contributed by atoms with Gasteiger partial charge in [-0.1, -0.05) is 12.1 Å². The first-order valence-corrected chi connectivity index (χ1v) is 5.84. The van der Waals surface area contributed by atoms with E-state index in [1.54, 1.807) is 24.3 Å². The van der Waals surface area contributed by atoms with Crippen molar-refractivity contribution >= 4 is 23.4 Å². The zero-order valence-corrected chi connectivity index (χ0v) is 10.8. The molecule has 0 bridgehead atoms. The standard InChI is InChI=1S/C14H13N3O3/c1-8(18)17-10-4-2-3-9(5-10)12-7-16-13(15)6-11(12)14(19)20/h2-7H,1H3,(H2,15,16)(H,17,18)(H,19,20). The summed E-state index contributed by atoms with van der Waals surface area (Å²) in [4.78, 5) is 26.2. The lowest BCUT2D eigenvalue weighted by molar-refractivity contribution is -0.114. The molecule has 1 amide bonds. The molecule has 0 saturated heterocycles. The highest BCUT2D eigenvalue weighted by Crippen LogP contribution is 2.26. The molecule has 20 heavy (non-hydrogen) atoms. The summed E-state index contributed by atoms with van der Waals surface area (Å²) in [6.07, 6.45) is 1.41. The number of amides is 1. The molecule has 2 aromatic rings. The van der Waals surface area contributed by atoms with Gasteiger partial charge in [0.2, 0.25) is 5.91 Å². The van der Waals surface area contributed by atoms with Crippen LogP contribution in [0.25, 0.3) is 11.1 Å². The van der Waals surface area contributed by atoms with Gasteiger partial charge in [-0.15, -0.1) is 0 Å². The number of rotatable bonds is 3. The molecule has 0 atom stereocenters. The highest BCUT2D eigenvalue weighted by atomic mass is 16.4. The van der Waals surface area contributed by atoms with Crippen LogP contribution in [0.15, 0.2) is 36.5 Å². The van der Waals surface area contributed by atoms with Gasteiger partial charge >= 0.3 is 5.97 Å². The van der Waals surface area contributed by atoms with Crippen LogP contribution >= 0.6 is 0 Å². The van der Waals surface area contributed by atoms with E-state index >= 15 is 0 Å². The van der Waals surface area contributed by atoms with Crippen LogP contribution in [0.1, 0.15) is 17.3 Å². The Morgan fingerprint density at radius 2 is 2.05 bits per heavy atom. The van der Waals surface area contributed by atoms with Crippen LogP contribution in [0.3, 0.4) is 0 Å². The average Bonchev–Trinajstić information content (AvgIpc) is 2.38. The van der Waals surface area contributed by atoms with E-state index < -0.39 is 5.97 Å². The van der Waals surface area contributed by atoms with Gasteiger partial charge in [-0.2, -0.15) is 0 Å². The highest BCUT2D eigenvalue weighted by Gasteiger charge is 2.13. The zero-order chi connectivity index (χ0) is 14.7. The number of carboxylic acid groups (broad SMARTS) is 1. The number of aromatic carboxylic acids is 1. The molecule has 0 radical (unpaired) electrons. The molecule has 0 fully saturated rings. The van der Waals surface area contributed by atoms with Crippen LogP contribution in [0.5, 0.6) is 0 Å². The minimum Gasteiger partial charge on any atom is -0.478 e. The second-order valence-corrected chi connectivity index (χ2v) is 4.22. The molecule has 0 saturated carbocycles. The third-order valence-corrected chi connectivity index (χ3v) is 2.65. The molecule has 1 aromatic carbocycles. The van der Waals surface area contributed by atoms with Gasteiger partial charge < -0.3 is 16.2 Å². The van der Waals surface area contributed by atoms with Crippen LogP contribution in [0, 0.1) is 0 Å². The second kappa shape index (κ2) is 5.40. The Labute approximate surface area is 115 Å². The van der Waals surface area contributed by atoms with Crippen molar-refractivity contribution in [1.29, 1.82) is 0 Å². The van der Waals surface area contributed by atoms with Crippen LogP contribution in [-0.4, -0.2) is 22.0 Å². The Bertz CT molecular complexity index is 683. The maximum Gasteiger partial charge on any atom is 0.336 e. The van der Waals surface area contributed by atoms with Gasteiger partial charge in [0.1, 0.15) is 5.82 Å². The number of carbonyl (C=O) groups excluding carboxylic acids is 1. The van der Waals surface area contributed by atoms with Crippen molar-refractivity contribution in [2.75, 3.05) is 11.1 Å². The Morgan fingerprint density at radius 1 is 1.30 bits per heavy atom. The molecular formula is C14H13N3O3. The number of aromatic nitrogens is 1. The normalized spacial score (nSPS) is 10.1. The molecule has 0 aliphatic rings. The number of carbonyl (C=O) groups is 2. The minimum absolute atomic E-state index is 0.0671. The molecular weight excluding hydrogens is 258 g/mol. The fraction of sp³-hybridized carbons (Fsp3) is 0.0714. The van der Waals surface area contributed by atoms with E-state index in [4.69, 9.17) is 5.73 Å². The number of nitrogens with one attached hydrogen (secondary N) is 1. The molecule has 0 spiro atoms. The molecule has 4 N–H and O–H groups in total. The van der Waals surface area contributed by atoms with Crippen molar-refractivity contribution in [2.24, 2.45) is 0 Å². The number of hydrogen-bond donors (Lipinski definition) is 3. The number of hydrogen-bond acceptors (Lipinski definition) is 4. The van der Waals surface area contributed by atoms with Gasteiger partial charge in [0.05, 0.1) is 5.56 Å². The van der Waals surface area contributed by atoms with E-state index in [1.807, 2.05) is 0 Å². The van der Waals surface area contributed by atoms with Gasteiger partial charge in [0, 0.05) is 24.4 Å². The van der Waals surface area contributed by atoms with E-state index in [0.29, 0.717) is 16.8 Å². The van der Waals surface area contributed by atoms with E-state index in [9.17, 15) is 14.7 Å². The number of nitrogen functional groups attached to an aromatic ring is 1. The fourth-order valence-electron chi connectivity index (χ4n) is 1.85. The summed E-state index contributed by atoms with van der Waals surface area (Å²) in [7, 11) is 0. The maximum absolute atomic E-state index is 11.3. The molecule has 102 valence electrons. The predicted octanol–water partition coefficient (Wildman–Crippen LogP) is 1.99. The Kier molecular flexibility index (Phi) is 3.65. The van der Waals surface area contributed by atoms with Crippen molar-refractivity contribution < 1.29 is 14.7 Å². The largest absolute Gasteiger partial charge is 0.478 e. The molecule has 6 heteroatoms. The lowest BCUT2D eigenvalue weighted by atomic mass is 10.0. The summed E-state index contributed by atoms with van der Waals surface area (Å²) in [5.41, 5.74) is 7.24. The summed E-state index contributed by atoms with van der Waals surface area (Å²) in [6.45, 7) is 1.40. The fourth-order valence-corrected chi connectivity index (χ4v) is 1.85. The number of benzene rings is 1. The number of anilines is 2. The zero-order valence-electron chi connectivity index (χ0n) is 10.8. The Hall–Kier alpha value is -2.89. The van der Waals surface area contributed by atoms with E-state index in [1.165, 1.54) is 19.2 Å². The van der Waals surface area contributed by atoms with Gasteiger partial charge in [-0.05, 0) is 23.8 Å².